The average molecular weight is 278 g/mol. The number of likely N-dealkylation sites (tertiary alicyclic amines) is 1. The molecule has 0 bridgehead atoms. The van der Waals surface area contributed by atoms with Crippen LogP contribution >= 0.6 is 0 Å². The SMILES string of the molecule is CC(C)[C@@H](C)NC(=O)CN1C(=O)[C@H]2CC=CC[C@H]2C1=O. The van der Waals surface area contributed by atoms with Crippen LogP contribution in [-0.4, -0.2) is 35.2 Å². The molecule has 5 heteroatoms. The zero-order valence-electron chi connectivity index (χ0n) is 12.3. The van der Waals surface area contributed by atoms with E-state index in [0.717, 1.165) is 4.90 Å². The normalized spacial score (nSPS) is 26.9. The van der Waals surface area contributed by atoms with Gasteiger partial charge in [0.1, 0.15) is 6.54 Å². The number of carbonyl (C=O) groups is 3. The van der Waals surface area contributed by atoms with Crippen molar-refractivity contribution in [2.75, 3.05) is 6.54 Å². The maximum atomic E-state index is 12.2. The van der Waals surface area contributed by atoms with E-state index in [0.29, 0.717) is 18.8 Å². The Bertz CT molecular complexity index is 430. The van der Waals surface area contributed by atoms with Crippen LogP contribution in [0.3, 0.4) is 0 Å². The van der Waals surface area contributed by atoms with Crippen LogP contribution in [0.15, 0.2) is 12.2 Å². The van der Waals surface area contributed by atoms with Gasteiger partial charge in [0.2, 0.25) is 17.7 Å². The Hall–Kier alpha value is -1.65. The first kappa shape index (κ1) is 14.8. The maximum absolute atomic E-state index is 12.2. The molecule has 0 saturated carbocycles. The summed E-state index contributed by atoms with van der Waals surface area (Å²) < 4.78 is 0. The molecule has 20 heavy (non-hydrogen) atoms. The smallest absolute Gasteiger partial charge is 0.240 e. The van der Waals surface area contributed by atoms with Crippen molar-refractivity contribution in [1.82, 2.24) is 10.2 Å². The molecule has 3 atom stereocenters. The Morgan fingerprint density at radius 2 is 1.70 bits per heavy atom. The van der Waals surface area contributed by atoms with Gasteiger partial charge in [0.25, 0.3) is 0 Å². The second-order valence-corrected chi connectivity index (χ2v) is 6.02. The van der Waals surface area contributed by atoms with Gasteiger partial charge in [0, 0.05) is 6.04 Å². The highest BCUT2D eigenvalue weighted by Gasteiger charge is 2.47. The van der Waals surface area contributed by atoms with Crippen LogP contribution in [-0.2, 0) is 14.4 Å². The van der Waals surface area contributed by atoms with Gasteiger partial charge in [0.05, 0.1) is 11.8 Å². The number of nitrogens with zero attached hydrogens (tertiary/aromatic N) is 1. The summed E-state index contributed by atoms with van der Waals surface area (Å²) in [4.78, 5) is 37.5. The van der Waals surface area contributed by atoms with Crippen molar-refractivity contribution in [2.45, 2.75) is 39.7 Å². The van der Waals surface area contributed by atoms with Gasteiger partial charge in [-0.3, -0.25) is 19.3 Å². The monoisotopic (exact) mass is 278 g/mol. The van der Waals surface area contributed by atoms with Gasteiger partial charge in [-0.2, -0.15) is 0 Å². The number of carbonyl (C=O) groups excluding carboxylic acids is 3. The highest BCUT2D eigenvalue weighted by atomic mass is 16.2. The van der Waals surface area contributed by atoms with Crippen molar-refractivity contribution in [2.24, 2.45) is 17.8 Å². The fourth-order valence-electron chi connectivity index (χ4n) is 2.63. The molecule has 1 fully saturated rings. The summed E-state index contributed by atoms with van der Waals surface area (Å²) in [6, 6.07) is 0.0271. The lowest BCUT2D eigenvalue weighted by atomic mass is 9.85. The molecule has 0 unspecified atom stereocenters. The van der Waals surface area contributed by atoms with Crippen LogP contribution in [0.4, 0.5) is 0 Å². The van der Waals surface area contributed by atoms with E-state index in [1.165, 1.54) is 0 Å². The molecule has 2 rings (SSSR count). The third kappa shape index (κ3) is 2.76. The van der Waals surface area contributed by atoms with Gasteiger partial charge in [-0.25, -0.2) is 0 Å². The van der Waals surface area contributed by atoms with E-state index < -0.39 is 0 Å². The predicted molar refractivity (Wildman–Crippen MR) is 74.5 cm³/mol. The molecular weight excluding hydrogens is 256 g/mol. The number of imide groups is 1. The zero-order chi connectivity index (χ0) is 14.9. The highest BCUT2D eigenvalue weighted by Crippen LogP contribution is 2.34. The lowest BCUT2D eigenvalue weighted by molar-refractivity contribution is -0.143. The molecule has 1 N–H and O–H groups in total. The fourth-order valence-corrected chi connectivity index (χ4v) is 2.63. The largest absolute Gasteiger partial charge is 0.352 e. The number of amides is 3. The van der Waals surface area contributed by atoms with Crippen LogP contribution < -0.4 is 5.32 Å². The van der Waals surface area contributed by atoms with Gasteiger partial charge < -0.3 is 5.32 Å². The van der Waals surface area contributed by atoms with Crippen LogP contribution in [0.2, 0.25) is 0 Å². The maximum Gasteiger partial charge on any atom is 0.240 e. The van der Waals surface area contributed by atoms with Crippen molar-refractivity contribution in [3.05, 3.63) is 12.2 Å². The predicted octanol–water partition coefficient (Wildman–Crippen LogP) is 1.10. The molecule has 0 aromatic rings. The van der Waals surface area contributed by atoms with Crippen LogP contribution in [0.1, 0.15) is 33.6 Å². The first-order valence-corrected chi connectivity index (χ1v) is 7.21. The first-order valence-electron chi connectivity index (χ1n) is 7.21. The number of hydrogen-bond acceptors (Lipinski definition) is 3. The van der Waals surface area contributed by atoms with E-state index in [4.69, 9.17) is 0 Å². The Labute approximate surface area is 119 Å². The summed E-state index contributed by atoms with van der Waals surface area (Å²) in [5.41, 5.74) is 0. The zero-order valence-corrected chi connectivity index (χ0v) is 12.3. The first-order chi connectivity index (χ1) is 9.41. The molecule has 3 amide bonds. The van der Waals surface area contributed by atoms with Crippen molar-refractivity contribution in [3.63, 3.8) is 0 Å². The molecule has 0 radical (unpaired) electrons. The third-order valence-electron chi connectivity index (χ3n) is 4.29. The van der Waals surface area contributed by atoms with Crippen molar-refractivity contribution < 1.29 is 14.4 Å². The minimum atomic E-state index is -0.264. The molecule has 1 heterocycles. The molecule has 110 valence electrons. The number of hydrogen-bond donors (Lipinski definition) is 1. The molecule has 5 nitrogen and oxygen atoms in total. The highest BCUT2D eigenvalue weighted by molar-refractivity contribution is 6.07. The lowest BCUT2D eigenvalue weighted by Gasteiger charge is -2.20. The van der Waals surface area contributed by atoms with E-state index in [-0.39, 0.29) is 42.1 Å². The second-order valence-electron chi connectivity index (χ2n) is 6.02. The van der Waals surface area contributed by atoms with E-state index in [2.05, 4.69) is 5.32 Å². The van der Waals surface area contributed by atoms with Gasteiger partial charge in [-0.15, -0.1) is 0 Å². The quantitative estimate of drug-likeness (QED) is 0.618. The Balaban J connectivity index is 1.98. The summed E-state index contributed by atoms with van der Waals surface area (Å²) in [5.74, 6) is -0.866. The lowest BCUT2D eigenvalue weighted by Crippen LogP contribution is -2.45. The number of nitrogens with one attached hydrogen (secondary N) is 1. The second kappa shape index (κ2) is 5.77. The van der Waals surface area contributed by atoms with Crippen molar-refractivity contribution in [1.29, 1.82) is 0 Å². The van der Waals surface area contributed by atoms with Crippen LogP contribution in [0, 0.1) is 17.8 Å². The Morgan fingerprint density at radius 1 is 1.20 bits per heavy atom. The van der Waals surface area contributed by atoms with E-state index in [1.54, 1.807) is 0 Å². The molecule has 1 saturated heterocycles. The van der Waals surface area contributed by atoms with E-state index in [9.17, 15) is 14.4 Å². The summed E-state index contributed by atoms with van der Waals surface area (Å²) >= 11 is 0. The summed E-state index contributed by atoms with van der Waals surface area (Å²) in [6.45, 7) is 5.79. The molecule has 0 aromatic heterocycles. The standard InChI is InChI=1S/C15H22N2O3/c1-9(2)10(3)16-13(18)8-17-14(19)11-6-4-5-7-12(11)15(17)20/h4-5,9-12H,6-8H2,1-3H3,(H,16,18)/t10-,11-,12+/m1/s1. The number of rotatable bonds is 4. The van der Waals surface area contributed by atoms with Crippen LogP contribution in [0.25, 0.3) is 0 Å². The Morgan fingerprint density at radius 3 is 2.15 bits per heavy atom. The van der Waals surface area contributed by atoms with Gasteiger partial charge in [-0.05, 0) is 25.7 Å². The average Bonchev–Trinajstić information content (AvgIpc) is 2.64. The molecule has 0 aromatic carbocycles. The number of fused-ring (bicyclic) bond motifs is 1. The van der Waals surface area contributed by atoms with Gasteiger partial charge >= 0.3 is 0 Å². The van der Waals surface area contributed by atoms with E-state index in [1.807, 2.05) is 32.9 Å². The number of allylic oxidation sites excluding steroid dienone is 2. The molecule has 1 aliphatic heterocycles. The summed E-state index contributed by atoms with van der Waals surface area (Å²) in [7, 11) is 0. The van der Waals surface area contributed by atoms with Crippen LogP contribution in [0.5, 0.6) is 0 Å². The minimum Gasteiger partial charge on any atom is -0.352 e. The summed E-state index contributed by atoms with van der Waals surface area (Å²) in [5, 5.41) is 2.83. The summed E-state index contributed by atoms with van der Waals surface area (Å²) in [6.07, 6.45) is 5.10. The van der Waals surface area contributed by atoms with Crippen molar-refractivity contribution >= 4 is 17.7 Å². The molecular formula is C15H22N2O3. The van der Waals surface area contributed by atoms with E-state index >= 15 is 0 Å². The van der Waals surface area contributed by atoms with Gasteiger partial charge in [0.15, 0.2) is 0 Å². The minimum absolute atomic E-state index is 0.0271. The molecule has 1 aliphatic carbocycles. The topological polar surface area (TPSA) is 66.5 Å². The fraction of sp³-hybridized carbons (Fsp3) is 0.667. The Kier molecular flexibility index (Phi) is 4.26. The molecule has 0 spiro atoms. The molecule has 2 aliphatic rings. The third-order valence-corrected chi connectivity index (χ3v) is 4.29. The van der Waals surface area contributed by atoms with Gasteiger partial charge in [-0.1, -0.05) is 26.0 Å². The van der Waals surface area contributed by atoms with Crippen molar-refractivity contribution in [3.8, 4) is 0 Å².